The molecule has 1 N–H and O–H groups in total. The lowest BCUT2D eigenvalue weighted by Crippen LogP contribution is -2.18. The van der Waals surface area contributed by atoms with Gasteiger partial charge in [-0.2, -0.15) is 0 Å². The average Bonchev–Trinajstić information content (AvgIpc) is 2.69. The summed E-state index contributed by atoms with van der Waals surface area (Å²) in [4.78, 5) is 6.95. The van der Waals surface area contributed by atoms with Crippen LogP contribution in [-0.2, 0) is 10.0 Å². The first-order valence-electron chi connectivity index (χ1n) is 5.72. The smallest absolute Gasteiger partial charge is 0.263 e. The summed E-state index contributed by atoms with van der Waals surface area (Å²) in [6.07, 6.45) is 1.62. The SMILES string of the molecule is Cc1sc(Br)cc1S(=O)(=O)Nc1cccnc1N(C)C. The second-order valence-electron chi connectivity index (χ2n) is 4.35. The summed E-state index contributed by atoms with van der Waals surface area (Å²) in [6, 6.07) is 4.99. The Kier molecular flexibility index (Phi) is 4.36. The van der Waals surface area contributed by atoms with E-state index in [0.29, 0.717) is 11.5 Å². The fourth-order valence-electron chi connectivity index (χ4n) is 1.73. The van der Waals surface area contributed by atoms with Crippen molar-refractivity contribution >= 4 is 48.8 Å². The second kappa shape index (κ2) is 5.71. The zero-order chi connectivity index (χ0) is 14.9. The first-order valence-corrected chi connectivity index (χ1v) is 8.81. The highest BCUT2D eigenvalue weighted by Gasteiger charge is 2.21. The Hall–Kier alpha value is -1.12. The number of aryl methyl sites for hydroxylation is 1. The number of rotatable bonds is 4. The van der Waals surface area contributed by atoms with Crippen molar-refractivity contribution in [3.05, 3.63) is 33.1 Å². The van der Waals surface area contributed by atoms with Crippen molar-refractivity contribution in [1.29, 1.82) is 0 Å². The van der Waals surface area contributed by atoms with E-state index >= 15 is 0 Å². The molecular weight excluding hydrogens is 362 g/mol. The van der Waals surface area contributed by atoms with E-state index in [1.54, 1.807) is 36.2 Å². The van der Waals surface area contributed by atoms with Crippen molar-refractivity contribution < 1.29 is 8.42 Å². The molecule has 5 nitrogen and oxygen atoms in total. The number of halogens is 1. The summed E-state index contributed by atoms with van der Waals surface area (Å²) in [5.41, 5.74) is 0.458. The number of thiophene rings is 1. The van der Waals surface area contributed by atoms with Gasteiger partial charge in [0.15, 0.2) is 5.82 Å². The average molecular weight is 376 g/mol. The molecule has 0 aliphatic heterocycles. The van der Waals surface area contributed by atoms with Gasteiger partial charge in [-0.05, 0) is 41.1 Å². The standard InChI is InChI=1S/C12H14BrN3O2S2/c1-8-10(7-11(13)19-8)20(17,18)15-9-5-4-6-14-12(9)16(2)3/h4-7,15H,1-3H3. The first kappa shape index (κ1) is 15.3. The maximum Gasteiger partial charge on any atom is 0.263 e. The predicted octanol–water partition coefficient (Wildman–Crippen LogP) is 3.08. The molecule has 0 unspecified atom stereocenters. The molecule has 2 rings (SSSR count). The molecule has 20 heavy (non-hydrogen) atoms. The Labute approximate surface area is 130 Å². The van der Waals surface area contributed by atoms with Crippen molar-refractivity contribution in [3.63, 3.8) is 0 Å². The van der Waals surface area contributed by atoms with Crippen LogP contribution in [0.1, 0.15) is 4.88 Å². The van der Waals surface area contributed by atoms with E-state index in [1.165, 1.54) is 11.3 Å². The van der Waals surface area contributed by atoms with Crippen LogP contribution in [0.15, 0.2) is 33.1 Å². The Morgan fingerprint density at radius 2 is 2.10 bits per heavy atom. The third-order valence-corrected chi connectivity index (χ3v) is 5.76. The third-order valence-electron chi connectivity index (χ3n) is 2.59. The number of nitrogens with one attached hydrogen (secondary N) is 1. The summed E-state index contributed by atoms with van der Waals surface area (Å²) in [6.45, 7) is 1.78. The van der Waals surface area contributed by atoms with Crippen LogP contribution >= 0.6 is 27.3 Å². The van der Waals surface area contributed by atoms with Gasteiger partial charge in [0.25, 0.3) is 10.0 Å². The molecule has 2 aromatic heterocycles. The van der Waals surface area contributed by atoms with E-state index in [0.717, 1.165) is 8.66 Å². The van der Waals surface area contributed by atoms with Gasteiger partial charge in [0.1, 0.15) is 4.90 Å². The molecule has 0 radical (unpaired) electrons. The Morgan fingerprint density at radius 1 is 1.40 bits per heavy atom. The molecule has 8 heteroatoms. The highest BCUT2D eigenvalue weighted by atomic mass is 79.9. The fraction of sp³-hybridized carbons (Fsp3) is 0.250. The van der Waals surface area contributed by atoms with Crippen LogP contribution in [0.25, 0.3) is 0 Å². The van der Waals surface area contributed by atoms with Crippen molar-refractivity contribution in [2.75, 3.05) is 23.7 Å². The lowest BCUT2D eigenvalue weighted by molar-refractivity contribution is 0.601. The highest BCUT2D eigenvalue weighted by molar-refractivity contribution is 9.11. The quantitative estimate of drug-likeness (QED) is 0.891. The van der Waals surface area contributed by atoms with Gasteiger partial charge in [-0.25, -0.2) is 13.4 Å². The van der Waals surface area contributed by atoms with Crippen molar-refractivity contribution in [2.24, 2.45) is 0 Å². The van der Waals surface area contributed by atoms with Gasteiger partial charge in [0, 0.05) is 25.2 Å². The first-order chi connectivity index (χ1) is 9.31. The lowest BCUT2D eigenvalue weighted by atomic mass is 10.4. The minimum absolute atomic E-state index is 0.280. The molecule has 0 aliphatic carbocycles. The number of hydrogen-bond acceptors (Lipinski definition) is 5. The third kappa shape index (κ3) is 3.13. The van der Waals surface area contributed by atoms with Crippen LogP contribution in [0.2, 0.25) is 0 Å². The molecule has 0 saturated carbocycles. The van der Waals surface area contributed by atoms with E-state index in [-0.39, 0.29) is 4.90 Å². The molecular formula is C12H14BrN3O2S2. The minimum Gasteiger partial charge on any atom is -0.361 e. The van der Waals surface area contributed by atoms with Crippen molar-refractivity contribution in [2.45, 2.75) is 11.8 Å². The van der Waals surface area contributed by atoms with Crippen molar-refractivity contribution in [3.8, 4) is 0 Å². The molecule has 0 amide bonds. The molecule has 0 aliphatic rings. The van der Waals surface area contributed by atoms with Gasteiger partial charge in [-0.15, -0.1) is 11.3 Å². The maximum atomic E-state index is 12.4. The second-order valence-corrected chi connectivity index (χ2v) is 8.63. The summed E-state index contributed by atoms with van der Waals surface area (Å²) < 4.78 is 28.3. The fourth-order valence-corrected chi connectivity index (χ4v) is 5.21. The van der Waals surface area contributed by atoms with E-state index in [9.17, 15) is 8.42 Å². The molecule has 0 atom stereocenters. The number of sulfonamides is 1. The largest absolute Gasteiger partial charge is 0.361 e. The summed E-state index contributed by atoms with van der Waals surface area (Å²) in [5, 5.41) is 0. The Balaban J connectivity index is 2.41. The number of pyridine rings is 1. The van der Waals surface area contributed by atoms with Gasteiger partial charge in [0.2, 0.25) is 0 Å². The normalized spacial score (nSPS) is 11.4. The zero-order valence-electron chi connectivity index (χ0n) is 11.2. The van der Waals surface area contributed by atoms with Crippen LogP contribution in [0.5, 0.6) is 0 Å². The number of anilines is 2. The van der Waals surface area contributed by atoms with Crippen LogP contribution in [0.4, 0.5) is 11.5 Å². The Morgan fingerprint density at radius 3 is 2.65 bits per heavy atom. The highest BCUT2D eigenvalue weighted by Crippen LogP contribution is 2.32. The minimum atomic E-state index is -3.62. The van der Waals surface area contributed by atoms with E-state index in [2.05, 4.69) is 25.6 Å². The topological polar surface area (TPSA) is 62.3 Å². The van der Waals surface area contributed by atoms with Gasteiger partial charge < -0.3 is 4.90 Å². The Bertz CT molecular complexity index is 726. The summed E-state index contributed by atoms with van der Waals surface area (Å²) >= 11 is 4.69. The van der Waals surface area contributed by atoms with Crippen LogP contribution < -0.4 is 9.62 Å². The van der Waals surface area contributed by atoms with E-state index < -0.39 is 10.0 Å². The van der Waals surface area contributed by atoms with E-state index in [4.69, 9.17) is 0 Å². The monoisotopic (exact) mass is 375 g/mol. The summed E-state index contributed by atoms with van der Waals surface area (Å²) in [5.74, 6) is 0.572. The summed E-state index contributed by atoms with van der Waals surface area (Å²) in [7, 11) is 0.00869. The maximum absolute atomic E-state index is 12.4. The molecule has 0 spiro atoms. The van der Waals surface area contributed by atoms with Gasteiger partial charge >= 0.3 is 0 Å². The predicted molar refractivity (Wildman–Crippen MR) is 86.1 cm³/mol. The molecule has 0 fully saturated rings. The van der Waals surface area contributed by atoms with Crippen LogP contribution in [-0.4, -0.2) is 27.5 Å². The van der Waals surface area contributed by atoms with Gasteiger partial charge in [0.05, 0.1) is 9.47 Å². The molecule has 0 saturated heterocycles. The number of nitrogens with zero attached hydrogens (tertiary/aromatic N) is 2. The van der Waals surface area contributed by atoms with Gasteiger partial charge in [-0.3, -0.25) is 4.72 Å². The number of hydrogen-bond donors (Lipinski definition) is 1. The molecule has 0 aromatic carbocycles. The molecule has 0 bridgehead atoms. The van der Waals surface area contributed by atoms with Gasteiger partial charge in [-0.1, -0.05) is 0 Å². The molecule has 2 aromatic rings. The lowest BCUT2D eigenvalue weighted by Gasteiger charge is -2.16. The molecule has 108 valence electrons. The van der Waals surface area contributed by atoms with Crippen molar-refractivity contribution in [1.82, 2.24) is 4.98 Å². The zero-order valence-corrected chi connectivity index (χ0v) is 14.4. The van der Waals surface area contributed by atoms with Crippen LogP contribution in [0.3, 0.4) is 0 Å². The van der Waals surface area contributed by atoms with E-state index in [1.807, 2.05) is 14.1 Å². The van der Waals surface area contributed by atoms with Crippen LogP contribution in [0, 0.1) is 6.92 Å². The number of aromatic nitrogens is 1. The molecule has 2 heterocycles.